The van der Waals surface area contributed by atoms with Crippen LogP contribution < -0.4 is 0 Å². The van der Waals surface area contributed by atoms with E-state index >= 15 is 0 Å². The van der Waals surface area contributed by atoms with Gasteiger partial charge in [-0.15, -0.1) is 0 Å². The molecule has 1 heterocycles. The Bertz CT molecular complexity index is 762. The van der Waals surface area contributed by atoms with Crippen LogP contribution in [0.3, 0.4) is 0 Å². The quantitative estimate of drug-likeness (QED) is 0.390. The second kappa shape index (κ2) is 6.80. The van der Waals surface area contributed by atoms with Gasteiger partial charge in [0.25, 0.3) is 5.71 Å². The first kappa shape index (κ1) is 16.8. The van der Waals surface area contributed by atoms with E-state index in [0.717, 1.165) is 5.56 Å². The molecule has 3 rings (SSSR count). The molecular weight excluding hydrogens is 324 g/mol. The van der Waals surface area contributed by atoms with Crippen molar-refractivity contribution in [2.45, 2.75) is 12.5 Å². The van der Waals surface area contributed by atoms with Gasteiger partial charge in [0.1, 0.15) is 6.61 Å². The Kier molecular flexibility index (Phi) is 4.56. The summed E-state index contributed by atoms with van der Waals surface area (Å²) >= 11 is 0. The molecule has 0 saturated carbocycles. The smallest absolute Gasteiger partial charge is 0.338 e. The van der Waals surface area contributed by atoms with Gasteiger partial charge in [-0.05, 0) is 19.1 Å². The predicted octanol–water partition coefficient (Wildman–Crippen LogP) is 1.85. The first-order valence-electron chi connectivity index (χ1n) is 7.91. The minimum Gasteiger partial charge on any atom is -0.474 e. The van der Waals surface area contributed by atoms with Crippen molar-refractivity contribution in [1.82, 2.24) is 0 Å². The minimum absolute atomic E-state index is 0.0327. The Morgan fingerprint density at radius 3 is 2.68 bits per heavy atom. The van der Waals surface area contributed by atoms with E-state index in [2.05, 4.69) is 4.99 Å². The van der Waals surface area contributed by atoms with Crippen molar-refractivity contribution in [2.24, 2.45) is 10.9 Å². The lowest BCUT2D eigenvalue weighted by molar-refractivity contribution is -0.725. The van der Waals surface area contributed by atoms with Crippen molar-refractivity contribution < 1.29 is 24.4 Å². The highest BCUT2D eigenvalue weighted by Gasteiger charge is 2.51. The van der Waals surface area contributed by atoms with E-state index in [1.807, 2.05) is 30.3 Å². The summed E-state index contributed by atoms with van der Waals surface area (Å²) in [5.41, 5.74) is -0.421. The lowest BCUT2D eigenvalue weighted by Crippen LogP contribution is -2.46. The Labute approximate surface area is 144 Å². The molecule has 1 unspecified atom stereocenters. The van der Waals surface area contributed by atoms with E-state index in [1.54, 1.807) is 19.1 Å². The fourth-order valence-corrected chi connectivity index (χ4v) is 2.79. The van der Waals surface area contributed by atoms with Crippen molar-refractivity contribution in [1.29, 1.82) is 0 Å². The number of carbonyl (C=O) groups is 1. The second-order valence-corrected chi connectivity index (χ2v) is 5.66. The first-order chi connectivity index (χ1) is 12.1. The highest BCUT2D eigenvalue weighted by atomic mass is 16.8. The van der Waals surface area contributed by atoms with E-state index < -0.39 is 17.4 Å². The largest absolute Gasteiger partial charge is 0.474 e. The van der Waals surface area contributed by atoms with Crippen LogP contribution in [0.15, 0.2) is 59.6 Å². The maximum Gasteiger partial charge on any atom is 0.338 e. The van der Waals surface area contributed by atoms with Crippen LogP contribution in [0.1, 0.15) is 12.5 Å². The SMILES string of the molecule is CCOC(=O)C1(C2C=CC(=[N+]([O-])O)C=C2)COC(c2ccccc2)=N1. The van der Waals surface area contributed by atoms with Gasteiger partial charge in [0, 0.05) is 28.5 Å². The molecule has 2 aliphatic rings. The average molecular weight is 342 g/mol. The Morgan fingerprint density at radius 2 is 2.08 bits per heavy atom. The Morgan fingerprint density at radius 1 is 1.40 bits per heavy atom. The number of hydrogen-bond acceptors (Lipinski definition) is 6. The number of benzene rings is 1. The molecule has 1 aromatic carbocycles. The van der Waals surface area contributed by atoms with Gasteiger partial charge in [-0.25, -0.2) is 9.79 Å². The van der Waals surface area contributed by atoms with Crippen LogP contribution >= 0.6 is 0 Å². The molecule has 0 aromatic heterocycles. The maximum absolute atomic E-state index is 12.7. The van der Waals surface area contributed by atoms with Crippen LogP contribution in [0.25, 0.3) is 0 Å². The third-order valence-electron chi connectivity index (χ3n) is 4.10. The monoisotopic (exact) mass is 342 g/mol. The fourth-order valence-electron chi connectivity index (χ4n) is 2.79. The maximum atomic E-state index is 12.7. The normalized spacial score (nSPS) is 24.6. The number of rotatable bonds is 4. The number of allylic oxidation sites excluding steroid dienone is 2. The van der Waals surface area contributed by atoms with Gasteiger partial charge in [-0.2, -0.15) is 0 Å². The molecule has 0 bridgehead atoms. The summed E-state index contributed by atoms with van der Waals surface area (Å²) in [6.07, 6.45) is 6.14. The molecule has 1 atom stereocenters. The van der Waals surface area contributed by atoms with Crippen LogP contribution in [0.5, 0.6) is 0 Å². The molecule has 25 heavy (non-hydrogen) atoms. The summed E-state index contributed by atoms with van der Waals surface area (Å²) in [6, 6.07) is 9.29. The minimum atomic E-state index is -1.26. The van der Waals surface area contributed by atoms with Crippen LogP contribution in [0.4, 0.5) is 0 Å². The zero-order valence-electron chi connectivity index (χ0n) is 13.7. The van der Waals surface area contributed by atoms with E-state index in [-0.39, 0.29) is 23.8 Å². The predicted molar refractivity (Wildman–Crippen MR) is 90.5 cm³/mol. The standard InChI is InChI=1S/C18H18N2O5/c1-2-24-17(21)18(14-8-10-15(11-9-14)20(22)23)12-25-16(19-18)13-6-4-3-5-7-13/h3-11,14H,2,12H2,1H3,(H,22,23). The van der Waals surface area contributed by atoms with Crippen molar-refractivity contribution in [2.75, 3.05) is 13.2 Å². The number of nitrogens with zero attached hydrogens (tertiary/aromatic N) is 2. The molecule has 0 radical (unpaired) electrons. The number of esters is 1. The van der Waals surface area contributed by atoms with Gasteiger partial charge in [-0.1, -0.05) is 30.4 Å². The van der Waals surface area contributed by atoms with E-state index in [0.29, 0.717) is 5.90 Å². The van der Waals surface area contributed by atoms with Crippen molar-refractivity contribution >= 4 is 17.6 Å². The second-order valence-electron chi connectivity index (χ2n) is 5.66. The molecule has 1 aliphatic carbocycles. The van der Waals surface area contributed by atoms with Gasteiger partial charge in [0.2, 0.25) is 11.4 Å². The zero-order chi connectivity index (χ0) is 17.9. The molecule has 130 valence electrons. The molecule has 0 fully saturated rings. The molecule has 1 aliphatic heterocycles. The highest BCUT2D eigenvalue weighted by molar-refractivity contribution is 6.02. The van der Waals surface area contributed by atoms with E-state index in [4.69, 9.17) is 14.7 Å². The van der Waals surface area contributed by atoms with Gasteiger partial charge in [-0.3, -0.25) is 5.21 Å². The number of carbonyl (C=O) groups excluding carboxylic acids is 1. The third kappa shape index (κ3) is 3.13. The fraction of sp³-hybridized carbons (Fsp3) is 0.278. The van der Waals surface area contributed by atoms with Gasteiger partial charge in [0.05, 0.1) is 6.61 Å². The number of hydrogen-bond donors (Lipinski definition) is 1. The van der Waals surface area contributed by atoms with Gasteiger partial charge in [0.15, 0.2) is 0 Å². The van der Waals surface area contributed by atoms with Gasteiger partial charge < -0.3 is 14.7 Å². The van der Waals surface area contributed by atoms with Crippen LogP contribution in [-0.4, -0.2) is 46.4 Å². The Balaban J connectivity index is 1.98. The molecule has 0 spiro atoms. The van der Waals surface area contributed by atoms with E-state index in [1.165, 1.54) is 12.2 Å². The molecule has 7 heteroatoms. The van der Waals surface area contributed by atoms with Crippen LogP contribution in [-0.2, 0) is 14.3 Å². The number of aliphatic imine (C=N–C) groups is 1. The summed E-state index contributed by atoms with van der Waals surface area (Å²) in [5, 5.41) is 19.9. The summed E-state index contributed by atoms with van der Waals surface area (Å²) in [4.78, 5) is 17.0. The average Bonchev–Trinajstić information content (AvgIpc) is 3.09. The van der Waals surface area contributed by atoms with Crippen molar-refractivity contribution in [3.05, 3.63) is 65.4 Å². The first-order valence-corrected chi connectivity index (χ1v) is 7.91. The topological polar surface area (TPSA) is 94.2 Å². The molecule has 1 N–H and O–H groups in total. The lowest BCUT2D eigenvalue weighted by atomic mass is 9.82. The zero-order valence-corrected chi connectivity index (χ0v) is 13.7. The van der Waals surface area contributed by atoms with Crippen molar-refractivity contribution in [3.8, 4) is 0 Å². The van der Waals surface area contributed by atoms with Gasteiger partial charge >= 0.3 is 5.97 Å². The third-order valence-corrected chi connectivity index (χ3v) is 4.10. The summed E-state index contributed by atoms with van der Waals surface area (Å²) in [5.74, 6) is -0.582. The van der Waals surface area contributed by atoms with Crippen LogP contribution in [0, 0.1) is 11.1 Å². The molecule has 0 amide bonds. The summed E-state index contributed by atoms with van der Waals surface area (Å²) in [7, 11) is 0. The lowest BCUT2D eigenvalue weighted by Gasteiger charge is -2.27. The highest BCUT2D eigenvalue weighted by Crippen LogP contribution is 2.34. The molecule has 7 nitrogen and oxygen atoms in total. The summed E-state index contributed by atoms with van der Waals surface area (Å²) < 4.78 is 10.9. The van der Waals surface area contributed by atoms with Crippen molar-refractivity contribution in [3.63, 3.8) is 0 Å². The number of ether oxygens (including phenoxy) is 2. The molecule has 0 saturated heterocycles. The molecule has 1 aromatic rings. The van der Waals surface area contributed by atoms with E-state index in [9.17, 15) is 10.0 Å². The summed E-state index contributed by atoms with van der Waals surface area (Å²) in [6.45, 7) is 1.98. The molecular formula is C18H18N2O5. The Hall–Kier alpha value is -3.09. The van der Waals surface area contributed by atoms with Crippen LogP contribution in [0.2, 0.25) is 0 Å².